The van der Waals surface area contributed by atoms with E-state index in [-0.39, 0.29) is 35.5 Å². The van der Waals surface area contributed by atoms with E-state index in [0.717, 1.165) is 39.7 Å². The lowest BCUT2D eigenvalue weighted by atomic mass is 10.0. The molecule has 1 atom stereocenters. The summed E-state index contributed by atoms with van der Waals surface area (Å²) in [5.41, 5.74) is 2.56. The Hall–Kier alpha value is -4.21. The first-order chi connectivity index (χ1) is 21.0. The first kappa shape index (κ1) is 32.7. The first-order valence-electron chi connectivity index (χ1n) is 14.2. The molecule has 44 heavy (non-hydrogen) atoms. The second kappa shape index (κ2) is 14.5. The number of carbonyl (C=O) groups excluding carboxylic acids is 2. The number of benzene rings is 4. The van der Waals surface area contributed by atoms with Crippen molar-refractivity contribution in [3.63, 3.8) is 0 Å². The molecule has 10 heteroatoms. The van der Waals surface area contributed by atoms with E-state index in [1.165, 1.54) is 4.90 Å². The average molecular weight is 636 g/mol. The number of amides is 2. The maximum Gasteiger partial charge on any atom is 0.264 e. The summed E-state index contributed by atoms with van der Waals surface area (Å²) in [6.45, 7) is 4.85. The molecule has 0 saturated heterocycles. The van der Waals surface area contributed by atoms with Crippen molar-refractivity contribution >= 4 is 39.1 Å². The molecule has 0 aliphatic heterocycles. The number of anilines is 1. The molecule has 4 aromatic carbocycles. The lowest BCUT2D eigenvalue weighted by Gasteiger charge is -2.34. The maximum absolute atomic E-state index is 14.4. The molecule has 4 rings (SSSR count). The Morgan fingerprint density at radius 2 is 1.48 bits per heavy atom. The molecule has 0 heterocycles. The van der Waals surface area contributed by atoms with Crippen LogP contribution in [0.4, 0.5) is 10.1 Å². The van der Waals surface area contributed by atoms with E-state index in [4.69, 9.17) is 11.6 Å². The minimum Gasteiger partial charge on any atom is -0.352 e. The van der Waals surface area contributed by atoms with Crippen molar-refractivity contribution in [2.45, 2.75) is 50.7 Å². The van der Waals surface area contributed by atoms with E-state index in [9.17, 15) is 22.4 Å². The highest BCUT2D eigenvalue weighted by atomic mass is 35.5. The predicted octanol–water partition coefficient (Wildman–Crippen LogP) is 6.15. The summed E-state index contributed by atoms with van der Waals surface area (Å²) in [6, 6.07) is 26.2. The molecule has 0 radical (unpaired) electrons. The lowest BCUT2D eigenvalue weighted by Crippen LogP contribution is -2.54. The Morgan fingerprint density at radius 1 is 0.864 bits per heavy atom. The third-order valence-electron chi connectivity index (χ3n) is 7.00. The van der Waals surface area contributed by atoms with Gasteiger partial charge in [-0.1, -0.05) is 77.8 Å². The number of carbonyl (C=O) groups is 2. The Labute approximate surface area is 263 Å². The number of sulfonamides is 1. The molecule has 0 aromatic heterocycles. The molecule has 1 N–H and O–H groups in total. The van der Waals surface area contributed by atoms with Crippen molar-refractivity contribution in [1.29, 1.82) is 0 Å². The summed E-state index contributed by atoms with van der Waals surface area (Å²) in [4.78, 5) is 29.3. The minimum atomic E-state index is -4.32. The molecular weight excluding hydrogens is 601 g/mol. The van der Waals surface area contributed by atoms with Gasteiger partial charge in [-0.05, 0) is 74.4 Å². The highest BCUT2D eigenvalue weighted by molar-refractivity contribution is 7.92. The third kappa shape index (κ3) is 8.24. The molecule has 0 aliphatic carbocycles. The number of halogens is 2. The predicted molar refractivity (Wildman–Crippen MR) is 171 cm³/mol. The Morgan fingerprint density at radius 3 is 2.09 bits per heavy atom. The molecule has 4 aromatic rings. The van der Waals surface area contributed by atoms with Crippen LogP contribution in [0.15, 0.2) is 108 Å². The van der Waals surface area contributed by atoms with Crippen LogP contribution >= 0.6 is 11.6 Å². The molecule has 0 bridgehead atoms. The first-order valence-corrected chi connectivity index (χ1v) is 16.0. The largest absolute Gasteiger partial charge is 0.352 e. The summed E-state index contributed by atoms with van der Waals surface area (Å²) in [5, 5.41) is 3.32. The monoisotopic (exact) mass is 635 g/mol. The zero-order valence-electron chi connectivity index (χ0n) is 24.8. The van der Waals surface area contributed by atoms with E-state index in [0.29, 0.717) is 10.6 Å². The Balaban J connectivity index is 1.81. The fourth-order valence-corrected chi connectivity index (χ4v) is 6.33. The van der Waals surface area contributed by atoms with Gasteiger partial charge >= 0.3 is 0 Å². The van der Waals surface area contributed by atoms with E-state index >= 15 is 0 Å². The van der Waals surface area contributed by atoms with Crippen LogP contribution in [0, 0.1) is 12.7 Å². The van der Waals surface area contributed by atoms with Crippen molar-refractivity contribution < 1.29 is 22.4 Å². The van der Waals surface area contributed by atoms with Gasteiger partial charge in [-0.15, -0.1) is 0 Å². The Kier molecular flexibility index (Phi) is 10.8. The molecule has 7 nitrogen and oxygen atoms in total. The highest BCUT2D eigenvalue weighted by Crippen LogP contribution is 2.26. The molecular formula is C34H35ClFN3O4S. The van der Waals surface area contributed by atoms with Crippen LogP contribution in [0.3, 0.4) is 0 Å². The van der Waals surface area contributed by atoms with Crippen LogP contribution in [-0.4, -0.2) is 43.8 Å². The number of hydrogen-bond donors (Lipinski definition) is 1. The van der Waals surface area contributed by atoms with Crippen molar-refractivity contribution in [2.75, 3.05) is 10.8 Å². The fourth-order valence-electron chi connectivity index (χ4n) is 4.72. The quantitative estimate of drug-likeness (QED) is 0.202. The van der Waals surface area contributed by atoms with E-state index < -0.39 is 34.3 Å². The smallest absolute Gasteiger partial charge is 0.264 e. The van der Waals surface area contributed by atoms with Gasteiger partial charge in [0.25, 0.3) is 10.0 Å². The van der Waals surface area contributed by atoms with Gasteiger partial charge in [0.05, 0.1) is 10.6 Å². The molecule has 0 spiro atoms. The number of rotatable bonds is 12. The van der Waals surface area contributed by atoms with Crippen LogP contribution in [0.5, 0.6) is 0 Å². The van der Waals surface area contributed by atoms with Crippen molar-refractivity contribution in [3.05, 3.63) is 131 Å². The number of nitrogens with one attached hydrogen (secondary N) is 1. The molecule has 2 amide bonds. The van der Waals surface area contributed by atoms with Gasteiger partial charge < -0.3 is 10.2 Å². The molecule has 230 valence electrons. The van der Waals surface area contributed by atoms with Gasteiger partial charge in [-0.3, -0.25) is 13.9 Å². The summed E-state index contributed by atoms with van der Waals surface area (Å²) in [5.74, 6) is -1.59. The van der Waals surface area contributed by atoms with E-state index in [1.54, 1.807) is 48.5 Å². The van der Waals surface area contributed by atoms with Crippen LogP contribution in [0.25, 0.3) is 0 Å². The van der Waals surface area contributed by atoms with E-state index in [1.807, 2.05) is 51.1 Å². The van der Waals surface area contributed by atoms with Gasteiger partial charge in [0.1, 0.15) is 18.4 Å². The summed E-state index contributed by atoms with van der Waals surface area (Å²) < 4.78 is 42.6. The van der Waals surface area contributed by atoms with Crippen molar-refractivity contribution in [1.82, 2.24) is 10.2 Å². The number of hydrogen-bond acceptors (Lipinski definition) is 4. The summed E-state index contributed by atoms with van der Waals surface area (Å²) >= 11 is 6.51. The lowest BCUT2D eigenvalue weighted by molar-refractivity contribution is -0.140. The fraction of sp³-hybridized carbons (Fsp3) is 0.235. The van der Waals surface area contributed by atoms with E-state index in [2.05, 4.69) is 5.32 Å². The zero-order chi connectivity index (χ0) is 31.9. The summed E-state index contributed by atoms with van der Waals surface area (Å²) in [7, 11) is -4.32. The van der Waals surface area contributed by atoms with Crippen LogP contribution in [0.2, 0.25) is 5.02 Å². The summed E-state index contributed by atoms with van der Waals surface area (Å²) in [6.07, 6.45) is 0.185. The third-order valence-corrected chi connectivity index (χ3v) is 9.16. The van der Waals surface area contributed by atoms with Gasteiger partial charge in [-0.25, -0.2) is 12.8 Å². The van der Waals surface area contributed by atoms with Crippen LogP contribution in [-0.2, 0) is 32.6 Å². The SMILES string of the molecule is Cc1ccc(N(CC(=O)N(Cc2ccccc2Cl)[C@@H](Cc2ccccc2)C(=O)NC(C)C)S(=O)(=O)c2ccc(F)cc2)cc1. The second-order valence-electron chi connectivity index (χ2n) is 10.8. The average Bonchev–Trinajstić information content (AvgIpc) is 2.99. The van der Waals surface area contributed by atoms with Crippen molar-refractivity contribution in [3.8, 4) is 0 Å². The Bertz CT molecular complexity index is 1680. The molecule has 0 saturated carbocycles. The normalized spacial score (nSPS) is 12.0. The van der Waals surface area contributed by atoms with Gasteiger partial charge in [-0.2, -0.15) is 0 Å². The minimum absolute atomic E-state index is 0.0418. The van der Waals surface area contributed by atoms with Crippen molar-refractivity contribution in [2.24, 2.45) is 0 Å². The standard InChI is InChI=1S/C34H35ClFN3O4S/c1-24(2)37-34(41)32(21-26-9-5-4-6-10-26)38(22-27-11-7-8-12-31(27)35)33(40)23-39(29-17-13-25(3)14-18-29)44(42,43)30-19-15-28(36)16-20-30/h4-20,24,32H,21-23H2,1-3H3,(H,37,41)/t32-/m0/s1. The zero-order valence-corrected chi connectivity index (χ0v) is 26.4. The van der Waals surface area contributed by atoms with Crippen LogP contribution in [0.1, 0.15) is 30.5 Å². The number of nitrogens with zero attached hydrogens (tertiary/aromatic N) is 2. The molecule has 0 fully saturated rings. The maximum atomic E-state index is 14.4. The second-order valence-corrected chi connectivity index (χ2v) is 13.1. The van der Waals surface area contributed by atoms with Gasteiger partial charge in [0.15, 0.2) is 0 Å². The van der Waals surface area contributed by atoms with Gasteiger partial charge in [0.2, 0.25) is 11.8 Å². The topological polar surface area (TPSA) is 86.8 Å². The van der Waals surface area contributed by atoms with Crippen LogP contribution < -0.4 is 9.62 Å². The molecule has 0 aliphatic rings. The number of aryl methyl sites for hydroxylation is 1. The molecule has 0 unspecified atom stereocenters. The van der Waals surface area contributed by atoms with Gasteiger partial charge in [0, 0.05) is 24.0 Å². The highest BCUT2D eigenvalue weighted by Gasteiger charge is 2.35.